The molecular weight excluding hydrogens is 318 g/mol. The topological polar surface area (TPSA) is 55.7 Å². The zero-order valence-corrected chi connectivity index (χ0v) is 15.2. The summed E-state index contributed by atoms with van der Waals surface area (Å²) < 4.78 is 15.9. The van der Waals surface area contributed by atoms with Gasteiger partial charge in [0, 0.05) is 25.3 Å². The van der Waals surface area contributed by atoms with Crippen LogP contribution in [0.4, 0.5) is 5.69 Å². The lowest BCUT2D eigenvalue weighted by Gasteiger charge is -2.12. The van der Waals surface area contributed by atoms with Crippen LogP contribution in [0.5, 0.6) is 17.2 Å². The molecule has 0 saturated heterocycles. The van der Waals surface area contributed by atoms with Crippen molar-refractivity contribution in [2.45, 2.75) is 0 Å². The number of methoxy groups -OCH3 is 3. The van der Waals surface area contributed by atoms with Crippen molar-refractivity contribution in [2.75, 3.05) is 40.3 Å². The maximum atomic E-state index is 5.32. The normalized spacial score (nSPS) is 11.1. The third kappa shape index (κ3) is 4.73. The number of rotatable bonds is 7. The summed E-state index contributed by atoms with van der Waals surface area (Å²) in [7, 11) is 8.73. The fraction of sp³-hybridized carbons (Fsp3) is 0.263. The van der Waals surface area contributed by atoms with E-state index in [-0.39, 0.29) is 0 Å². The Morgan fingerprint density at radius 3 is 1.72 bits per heavy atom. The van der Waals surface area contributed by atoms with Crippen molar-refractivity contribution in [3.05, 3.63) is 47.5 Å². The molecule has 0 aliphatic heterocycles. The van der Waals surface area contributed by atoms with Crippen LogP contribution in [-0.4, -0.2) is 47.9 Å². The second-order valence-electron chi connectivity index (χ2n) is 5.43. The molecule has 0 fully saturated rings. The first kappa shape index (κ1) is 18.3. The van der Waals surface area contributed by atoms with Crippen LogP contribution in [0.3, 0.4) is 0 Å². The first-order valence-corrected chi connectivity index (χ1v) is 7.72. The van der Waals surface area contributed by atoms with Gasteiger partial charge in [0.25, 0.3) is 0 Å². The molecule has 6 heteroatoms. The Morgan fingerprint density at radius 2 is 1.28 bits per heavy atom. The van der Waals surface area contributed by atoms with Gasteiger partial charge in [0.15, 0.2) is 11.5 Å². The molecule has 2 aromatic rings. The van der Waals surface area contributed by atoms with Crippen molar-refractivity contribution in [3.63, 3.8) is 0 Å². The number of anilines is 1. The highest BCUT2D eigenvalue weighted by atomic mass is 16.5. The van der Waals surface area contributed by atoms with Gasteiger partial charge in [0.2, 0.25) is 5.75 Å². The molecule has 0 bridgehead atoms. The Kier molecular flexibility index (Phi) is 6.39. The summed E-state index contributed by atoms with van der Waals surface area (Å²) in [5.74, 6) is 1.70. The second-order valence-corrected chi connectivity index (χ2v) is 5.43. The summed E-state index contributed by atoms with van der Waals surface area (Å²) >= 11 is 0. The first-order chi connectivity index (χ1) is 12.1. The molecule has 0 heterocycles. The Balaban J connectivity index is 2.13. The molecule has 0 spiro atoms. The average molecular weight is 341 g/mol. The van der Waals surface area contributed by atoms with Crippen LogP contribution in [0.15, 0.2) is 46.6 Å². The fourth-order valence-electron chi connectivity index (χ4n) is 2.23. The summed E-state index contributed by atoms with van der Waals surface area (Å²) in [6, 6.07) is 11.7. The highest BCUT2D eigenvalue weighted by Gasteiger charge is 2.12. The number of hydrogen-bond acceptors (Lipinski definition) is 6. The van der Waals surface area contributed by atoms with Crippen LogP contribution in [-0.2, 0) is 0 Å². The minimum Gasteiger partial charge on any atom is -0.493 e. The lowest BCUT2D eigenvalue weighted by Crippen LogP contribution is -2.08. The van der Waals surface area contributed by atoms with Crippen molar-refractivity contribution >= 4 is 18.1 Å². The molecule has 25 heavy (non-hydrogen) atoms. The molecule has 0 N–H and O–H groups in total. The summed E-state index contributed by atoms with van der Waals surface area (Å²) in [4.78, 5) is 2.05. The smallest absolute Gasteiger partial charge is 0.203 e. The van der Waals surface area contributed by atoms with E-state index < -0.39 is 0 Å². The molecule has 0 radical (unpaired) electrons. The van der Waals surface area contributed by atoms with Gasteiger partial charge in [-0.05, 0) is 29.8 Å². The maximum absolute atomic E-state index is 5.32. The number of ether oxygens (including phenoxy) is 3. The highest BCUT2D eigenvalue weighted by Crippen LogP contribution is 2.37. The predicted molar refractivity (Wildman–Crippen MR) is 102 cm³/mol. The van der Waals surface area contributed by atoms with E-state index in [9.17, 15) is 0 Å². The molecule has 0 aliphatic carbocycles. The van der Waals surface area contributed by atoms with Crippen LogP contribution in [0.25, 0.3) is 0 Å². The van der Waals surface area contributed by atoms with Crippen molar-refractivity contribution in [1.82, 2.24) is 0 Å². The Labute approximate surface area is 148 Å². The van der Waals surface area contributed by atoms with Crippen molar-refractivity contribution in [2.24, 2.45) is 10.2 Å². The van der Waals surface area contributed by atoms with Crippen LogP contribution >= 0.6 is 0 Å². The van der Waals surface area contributed by atoms with E-state index in [1.54, 1.807) is 33.8 Å². The van der Waals surface area contributed by atoms with E-state index in [1.807, 2.05) is 55.4 Å². The van der Waals surface area contributed by atoms with Crippen LogP contribution in [0.2, 0.25) is 0 Å². The lowest BCUT2D eigenvalue weighted by atomic mass is 10.2. The summed E-state index contributed by atoms with van der Waals surface area (Å²) in [5.41, 5.74) is 2.92. The van der Waals surface area contributed by atoms with Gasteiger partial charge in [-0.15, -0.1) is 0 Å². The second kappa shape index (κ2) is 8.73. The van der Waals surface area contributed by atoms with Gasteiger partial charge < -0.3 is 19.1 Å². The zero-order chi connectivity index (χ0) is 18.2. The molecule has 6 nitrogen and oxygen atoms in total. The highest BCUT2D eigenvalue weighted by molar-refractivity contribution is 5.84. The van der Waals surface area contributed by atoms with E-state index in [4.69, 9.17) is 14.2 Å². The van der Waals surface area contributed by atoms with E-state index in [1.165, 1.54) is 0 Å². The molecule has 0 atom stereocenters. The maximum Gasteiger partial charge on any atom is 0.203 e. The molecule has 132 valence electrons. The Morgan fingerprint density at radius 1 is 0.760 bits per heavy atom. The van der Waals surface area contributed by atoms with E-state index in [2.05, 4.69) is 10.2 Å². The largest absolute Gasteiger partial charge is 0.493 e. The summed E-state index contributed by atoms with van der Waals surface area (Å²) in [5, 5.41) is 8.17. The molecule has 0 amide bonds. The summed E-state index contributed by atoms with van der Waals surface area (Å²) in [6.45, 7) is 0. The van der Waals surface area contributed by atoms with Gasteiger partial charge in [-0.2, -0.15) is 10.2 Å². The van der Waals surface area contributed by atoms with Crippen LogP contribution in [0.1, 0.15) is 11.1 Å². The first-order valence-electron chi connectivity index (χ1n) is 7.72. The quantitative estimate of drug-likeness (QED) is 0.573. The fourth-order valence-corrected chi connectivity index (χ4v) is 2.23. The SMILES string of the molecule is COc1cc(/C=N/N=C/c2ccc(N(C)C)cc2)cc(OC)c1OC. The molecule has 0 unspecified atom stereocenters. The van der Waals surface area contributed by atoms with Gasteiger partial charge >= 0.3 is 0 Å². The molecular formula is C19H23N3O3. The van der Waals surface area contributed by atoms with Crippen LogP contribution < -0.4 is 19.1 Å². The molecule has 0 aromatic heterocycles. The van der Waals surface area contributed by atoms with Gasteiger partial charge in [-0.25, -0.2) is 0 Å². The Bertz CT molecular complexity index is 728. The minimum absolute atomic E-state index is 0.548. The lowest BCUT2D eigenvalue weighted by molar-refractivity contribution is 0.324. The molecule has 0 saturated carbocycles. The monoisotopic (exact) mass is 341 g/mol. The van der Waals surface area contributed by atoms with Gasteiger partial charge in [-0.1, -0.05) is 12.1 Å². The zero-order valence-electron chi connectivity index (χ0n) is 15.2. The van der Waals surface area contributed by atoms with Crippen molar-refractivity contribution in [1.29, 1.82) is 0 Å². The minimum atomic E-state index is 0.548. The number of nitrogens with zero attached hydrogens (tertiary/aromatic N) is 3. The Hall–Kier alpha value is -3.02. The average Bonchev–Trinajstić information content (AvgIpc) is 2.64. The predicted octanol–water partition coefficient (Wildman–Crippen LogP) is 3.23. The van der Waals surface area contributed by atoms with Crippen molar-refractivity contribution in [3.8, 4) is 17.2 Å². The van der Waals surface area contributed by atoms with Crippen LogP contribution in [0, 0.1) is 0 Å². The summed E-state index contributed by atoms with van der Waals surface area (Å²) in [6.07, 6.45) is 3.34. The third-order valence-electron chi connectivity index (χ3n) is 3.58. The van der Waals surface area contributed by atoms with Gasteiger partial charge in [0.1, 0.15) is 0 Å². The third-order valence-corrected chi connectivity index (χ3v) is 3.58. The molecule has 2 aromatic carbocycles. The molecule has 0 aliphatic rings. The van der Waals surface area contributed by atoms with E-state index in [0.717, 1.165) is 16.8 Å². The van der Waals surface area contributed by atoms with E-state index in [0.29, 0.717) is 17.2 Å². The van der Waals surface area contributed by atoms with Gasteiger partial charge in [0.05, 0.1) is 33.8 Å². The van der Waals surface area contributed by atoms with Gasteiger partial charge in [-0.3, -0.25) is 0 Å². The number of benzene rings is 2. The van der Waals surface area contributed by atoms with E-state index >= 15 is 0 Å². The number of hydrogen-bond donors (Lipinski definition) is 0. The van der Waals surface area contributed by atoms with Crippen molar-refractivity contribution < 1.29 is 14.2 Å². The standard InChI is InChI=1S/C19H23N3O3/c1-22(2)16-8-6-14(7-9-16)12-20-21-13-15-10-17(23-3)19(25-5)18(11-15)24-4/h6-13H,1-5H3/b20-12+,21-13+. The molecule has 2 rings (SSSR count).